The van der Waals surface area contributed by atoms with Crippen LogP contribution in [-0.4, -0.2) is 13.1 Å². The van der Waals surface area contributed by atoms with Gasteiger partial charge in [0.15, 0.2) is 0 Å². The van der Waals surface area contributed by atoms with E-state index in [4.69, 9.17) is 0 Å². The van der Waals surface area contributed by atoms with Gasteiger partial charge in [-0.1, -0.05) is 32.6 Å². The van der Waals surface area contributed by atoms with Crippen molar-refractivity contribution in [2.75, 3.05) is 7.05 Å². The lowest BCUT2D eigenvalue weighted by atomic mass is 9.91. The number of nitrogens with one attached hydrogen (secondary N) is 1. The first-order valence-corrected chi connectivity index (χ1v) is 5.55. The minimum absolute atomic E-state index is 0.812. The zero-order chi connectivity index (χ0) is 8.81. The molecule has 0 radical (unpaired) electrons. The summed E-state index contributed by atoms with van der Waals surface area (Å²) in [7, 11) is 2.12. The molecule has 0 bridgehead atoms. The smallest absolute Gasteiger partial charge is 0.00923 e. The maximum absolute atomic E-state index is 3.48. The van der Waals surface area contributed by atoms with Crippen molar-refractivity contribution in [1.82, 2.24) is 5.32 Å². The van der Waals surface area contributed by atoms with Crippen LogP contribution in [0.5, 0.6) is 0 Å². The Kier molecular flexibility index (Phi) is 4.67. The van der Waals surface area contributed by atoms with Crippen LogP contribution in [0.3, 0.4) is 0 Å². The fourth-order valence-electron chi connectivity index (χ4n) is 2.48. The van der Waals surface area contributed by atoms with E-state index in [1.54, 1.807) is 0 Å². The summed E-state index contributed by atoms with van der Waals surface area (Å²) in [5, 5.41) is 3.48. The minimum atomic E-state index is 0.812. The first-order valence-electron chi connectivity index (χ1n) is 5.55. The average molecular weight is 169 g/mol. The molecular weight excluding hydrogens is 146 g/mol. The highest BCUT2D eigenvalue weighted by atomic mass is 14.9. The quantitative estimate of drug-likeness (QED) is 0.640. The van der Waals surface area contributed by atoms with E-state index in [1.807, 2.05) is 0 Å². The van der Waals surface area contributed by atoms with Gasteiger partial charge >= 0.3 is 0 Å². The molecule has 0 spiro atoms. The van der Waals surface area contributed by atoms with Crippen molar-refractivity contribution in [2.45, 2.75) is 57.9 Å². The highest BCUT2D eigenvalue weighted by molar-refractivity contribution is 4.77. The maximum atomic E-state index is 3.48. The molecule has 1 saturated carbocycles. The van der Waals surface area contributed by atoms with Crippen LogP contribution in [0.1, 0.15) is 51.9 Å². The van der Waals surface area contributed by atoms with E-state index < -0.39 is 0 Å². The van der Waals surface area contributed by atoms with Crippen LogP contribution < -0.4 is 5.32 Å². The van der Waals surface area contributed by atoms with Crippen molar-refractivity contribution in [3.63, 3.8) is 0 Å². The molecule has 0 aromatic carbocycles. The lowest BCUT2D eigenvalue weighted by molar-refractivity contribution is 0.330. The van der Waals surface area contributed by atoms with E-state index in [-0.39, 0.29) is 0 Å². The Morgan fingerprint density at radius 2 is 1.92 bits per heavy atom. The Bertz CT molecular complexity index is 112. The molecule has 1 rings (SSSR count). The fourth-order valence-corrected chi connectivity index (χ4v) is 2.48. The molecule has 0 aromatic heterocycles. The van der Waals surface area contributed by atoms with Gasteiger partial charge in [0.1, 0.15) is 0 Å². The fraction of sp³-hybridized carbons (Fsp3) is 1.00. The normalized spacial score (nSPS) is 31.5. The van der Waals surface area contributed by atoms with Gasteiger partial charge in [0, 0.05) is 6.04 Å². The highest BCUT2D eigenvalue weighted by Gasteiger charge is 2.20. The molecule has 0 saturated heterocycles. The molecule has 0 aromatic rings. The topological polar surface area (TPSA) is 12.0 Å². The zero-order valence-corrected chi connectivity index (χ0v) is 8.60. The molecule has 0 amide bonds. The molecule has 72 valence electrons. The zero-order valence-electron chi connectivity index (χ0n) is 8.60. The van der Waals surface area contributed by atoms with Crippen molar-refractivity contribution >= 4 is 0 Å². The Labute approximate surface area is 76.9 Å². The number of rotatable bonds is 3. The van der Waals surface area contributed by atoms with E-state index in [0.717, 1.165) is 12.0 Å². The molecule has 2 atom stereocenters. The summed E-state index contributed by atoms with van der Waals surface area (Å²) in [6.07, 6.45) is 9.99. The summed E-state index contributed by atoms with van der Waals surface area (Å²) in [5.41, 5.74) is 0. The monoisotopic (exact) mass is 169 g/mol. The third-order valence-electron chi connectivity index (χ3n) is 3.19. The third-order valence-corrected chi connectivity index (χ3v) is 3.19. The van der Waals surface area contributed by atoms with Gasteiger partial charge < -0.3 is 5.32 Å². The predicted octanol–water partition coefficient (Wildman–Crippen LogP) is 2.95. The van der Waals surface area contributed by atoms with Crippen LogP contribution >= 0.6 is 0 Å². The molecule has 0 aliphatic heterocycles. The average Bonchev–Trinajstić information content (AvgIpc) is 2.30. The molecule has 1 aliphatic carbocycles. The summed E-state index contributed by atoms with van der Waals surface area (Å²) in [4.78, 5) is 0. The Morgan fingerprint density at radius 3 is 2.58 bits per heavy atom. The molecule has 2 unspecified atom stereocenters. The van der Waals surface area contributed by atoms with Crippen molar-refractivity contribution in [2.24, 2.45) is 5.92 Å². The van der Waals surface area contributed by atoms with Crippen LogP contribution in [0.25, 0.3) is 0 Å². The van der Waals surface area contributed by atoms with E-state index in [1.165, 1.54) is 44.9 Å². The van der Waals surface area contributed by atoms with Gasteiger partial charge in [0.25, 0.3) is 0 Å². The molecule has 1 N–H and O–H groups in total. The SMILES string of the molecule is CCCC1CCCCCC1NC. The Hall–Kier alpha value is -0.0400. The van der Waals surface area contributed by atoms with Crippen molar-refractivity contribution in [3.05, 3.63) is 0 Å². The van der Waals surface area contributed by atoms with Crippen molar-refractivity contribution in [3.8, 4) is 0 Å². The van der Waals surface area contributed by atoms with Crippen molar-refractivity contribution < 1.29 is 0 Å². The highest BCUT2D eigenvalue weighted by Crippen LogP contribution is 2.26. The molecule has 1 nitrogen and oxygen atoms in total. The lowest BCUT2D eigenvalue weighted by Gasteiger charge is -2.24. The van der Waals surface area contributed by atoms with E-state index in [9.17, 15) is 0 Å². The van der Waals surface area contributed by atoms with Gasteiger partial charge in [-0.2, -0.15) is 0 Å². The van der Waals surface area contributed by atoms with Gasteiger partial charge in [-0.15, -0.1) is 0 Å². The minimum Gasteiger partial charge on any atom is -0.317 e. The summed E-state index contributed by atoms with van der Waals surface area (Å²) in [6.45, 7) is 2.30. The van der Waals surface area contributed by atoms with Gasteiger partial charge in [0.05, 0.1) is 0 Å². The van der Waals surface area contributed by atoms with Crippen LogP contribution in [-0.2, 0) is 0 Å². The standard InChI is InChI=1S/C11H23N/c1-3-7-10-8-5-4-6-9-11(10)12-2/h10-12H,3-9H2,1-2H3. The Morgan fingerprint density at radius 1 is 1.17 bits per heavy atom. The molecule has 0 heterocycles. The molecule has 1 heteroatoms. The first-order chi connectivity index (χ1) is 5.88. The molecule has 1 aliphatic rings. The second-order valence-electron chi connectivity index (χ2n) is 4.08. The van der Waals surface area contributed by atoms with Gasteiger partial charge in [-0.3, -0.25) is 0 Å². The summed E-state index contributed by atoms with van der Waals surface area (Å²) in [6, 6.07) is 0.812. The molecular formula is C11H23N. The van der Waals surface area contributed by atoms with Crippen LogP contribution in [0.4, 0.5) is 0 Å². The summed E-state index contributed by atoms with van der Waals surface area (Å²) in [5.74, 6) is 0.961. The second kappa shape index (κ2) is 5.58. The summed E-state index contributed by atoms with van der Waals surface area (Å²) < 4.78 is 0. The van der Waals surface area contributed by atoms with Crippen LogP contribution in [0.15, 0.2) is 0 Å². The summed E-state index contributed by atoms with van der Waals surface area (Å²) >= 11 is 0. The van der Waals surface area contributed by atoms with Gasteiger partial charge in [-0.25, -0.2) is 0 Å². The predicted molar refractivity (Wildman–Crippen MR) is 54.3 cm³/mol. The van der Waals surface area contributed by atoms with Crippen LogP contribution in [0.2, 0.25) is 0 Å². The second-order valence-corrected chi connectivity index (χ2v) is 4.08. The number of hydrogen-bond donors (Lipinski definition) is 1. The largest absolute Gasteiger partial charge is 0.317 e. The van der Waals surface area contributed by atoms with E-state index in [2.05, 4.69) is 19.3 Å². The molecule has 12 heavy (non-hydrogen) atoms. The van der Waals surface area contributed by atoms with Gasteiger partial charge in [-0.05, 0) is 32.2 Å². The van der Waals surface area contributed by atoms with Crippen molar-refractivity contribution in [1.29, 1.82) is 0 Å². The molecule has 1 fully saturated rings. The third kappa shape index (κ3) is 2.78. The lowest BCUT2D eigenvalue weighted by Crippen LogP contribution is -2.32. The van der Waals surface area contributed by atoms with Gasteiger partial charge in [0.2, 0.25) is 0 Å². The Balaban J connectivity index is 2.39. The van der Waals surface area contributed by atoms with Crippen LogP contribution in [0, 0.1) is 5.92 Å². The maximum Gasteiger partial charge on any atom is 0.00923 e. The van der Waals surface area contributed by atoms with E-state index in [0.29, 0.717) is 0 Å². The first kappa shape index (κ1) is 10.0. The van der Waals surface area contributed by atoms with E-state index >= 15 is 0 Å². The number of hydrogen-bond acceptors (Lipinski definition) is 1.